The molecular weight excluding hydrogens is 152 g/mol. The summed E-state index contributed by atoms with van der Waals surface area (Å²) in [5.41, 5.74) is 0. The zero-order valence-corrected chi connectivity index (χ0v) is 8.62. The van der Waals surface area contributed by atoms with Gasteiger partial charge in [0.1, 0.15) is 0 Å². The van der Waals surface area contributed by atoms with Gasteiger partial charge in [-0.25, -0.2) is 0 Å². The van der Waals surface area contributed by atoms with E-state index < -0.39 is 0 Å². The molecule has 0 aromatic carbocycles. The Morgan fingerprint density at radius 1 is 1.36 bits per heavy atom. The summed E-state index contributed by atoms with van der Waals surface area (Å²) in [6.07, 6.45) is 7.18. The van der Waals surface area contributed by atoms with E-state index in [0.717, 1.165) is 11.2 Å². The average Bonchev–Trinajstić information content (AvgIpc) is 2.47. The Labute approximate surface area is 75.1 Å². The molecule has 1 rings (SSSR count). The molecule has 0 aliphatic carbocycles. The molecule has 1 aliphatic heterocycles. The van der Waals surface area contributed by atoms with Gasteiger partial charge < -0.3 is 0 Å². The summed E-state index contributed by atoms with van der Waals surface area (Å²) in [5.74, 6) is 2.48. The third kappa shape index (κ3) is 2.70. The van der Waals surface area contributed by atoms with E-state index in [-0.39, 0.29) is 0 Å². The monoisotopic (exact) mass is 172 g/mol. The maximum Gasteiger partial charge on any atom is 0.00729 e. The van der Waals surface area contributed by atoms with Crippen molar-refractivity contribution in [2.24, 2.45) is 5.92 Å². The molecule has 0 spiro atoms. The molecular formula is C10H20S. The van der Waals surface area contributed by atoms with E-state index in [9.17, 15) is 0 Å². The molecule has 0 radical (unpaired) electrons. The topological polar surface area (TPSA) is 0 Å². The van der Waals surface area contributed by atoms with Crippen LogP contribution in [0.15, 0.2) is 0 Å². The normalized spacial score (nSPS) is 31.1. The third-order valence-electron chi connectivity index (χ3n) is 2.68. The van der Waals surface area contributed by atoms with Gasteiger partial charge in [0.2, 0.25) is 0 Å². The largest absolute Gasteiger partial charge is 0.158 e. The van der Waals surface area contributed by atoms with Crippen molar-refractivity contribution >= 4 is 11.8 Å². The lowest BCUT2D eigenvalue weighted by atomic mass is 9.95. The highest BCUT2D eigenvalue weighted by molar-refractivity contribution is 8.00. The lowest BCUT2D eigenvalue weighted by Gasteiger charge is -2.15. The molecule has 0 aromatic rings. The van der Waals surface area contributed by atoms with Crippen molar-refractivity contribution in [1.29, 1.82) is 0 Å². The van der Waals surface area contributed by atoms with Crippen LogP contribution in [0.1, 0.15) is 46.0 Å². The molecule has 0 unspecified atom stereocenters. The first-order valence-electron chi connectivity index (χ1n) is 5.00. The summed E-state index contributed by atoms with van der Waals surface area (Å²) in [5, 5.41) is 1.00. The Kier molecular flexibility index (Phi) is 4.36. The second-order valence-electron chi connectivity index (χ2n) is 3.51. The predicted molar refractivity (Wildman–Crippen MR) is 54.2 cm³/mol. The van der Waals surface area contributed by atoms with Crippen molar-refractivity contribution in [3.63, 3.8) is 0 Å². The summed E-state index contributed by atoms with van der Waals surface area (Å²) in [6, 6.07) is 0. The molecule has 1 heteroatoms. The lowest BCUT2D eigenvalue weighted by molar-refractivity contribution is 0.449. The molecule has 1 fully saturated rings. The number of hydrogen-bond acceptors (Lipinski definition) is 1. The van der Waals surface area contributed by atoms with Crippen LogP contribution >= 0.6 is 11.8 Å². The molecule has 2 atom stereocenters. The van der Waals surface area contributed by atoms with E-state index in [2.05, 4.69) is 25.6 Å². The van der Waals surface area contributed by atoms with Crippen molar-refractivity contribution in [3.05, 3.63) is 0 Å². The summed E-state index contributed by atoms with van der Waals surface area (Å²) in [6.45, 7) is 4.63. The van der Waals surface area contributed by atoms with E-state index in [1.807, 2.05) is 0 Å². The SMILES string of the molecule is CCCC[C@@H]1CCS[C@@H]1CC. The fourth-order valence-corrected chi connectivity index (χ4v) is 3.46. The number of rotatable bonds is 4. The van der Waals surface area contributed by atoms with Gasteiger partial charge in [0.05, 0.1) is 0 Å². The Bertz CT molecular complexity index is 101. The van der Waals surface area contributed by atoms with Gasteiger partial charge in [0.25, 0.3) is 0 Å². The highest BCUT2D eigenvalue weighted by Gasteiger charge is 2.25. The van der Waals surface area contributed by atoms with Gasteiger partial charge in [0.15, 0.2) is 0 Å². The Morgan fingerprint density at radius 3 is 2.82 bits per heavy atom. The number of hydrogen-bond donors (Lipinski definition) is 0. The van der Waals surface area contributed by atoms with Crippen molar-refractivity contribution in [3.8, 4) is 0 Å². The van der Waals surface area contributed by atoms with Gasteiger partial charge in [-0.1, -0.05) is 26.7 Å². The molecule has 1 heterocycles. The molecule has 1 saturated heterocycles. The van der Waals surface area contributed by atoms with Crippen LogP contribution in [0.25, 0.3) is 0 Å². The van der Waals surface area contributed by atoms with Crippen molar-refractivity contribution in [1.82, 2.24) is 0 Å². The summed E-state index contributed by atoms with van der Waals surface area (Å²) >= 11 is 2.20. The first kappa shape index (κ1) is 9.44. The van der Waals surface area contributed by atoms with Crippen molar-refractivity contribution < 1.29 is 0 Å². The first-order chi connectivity index (χ1) is 5.38. The van der Waals surface area contributed by atoms with E-state index in [1.165, 1.54) is 37.9 Å². The molecule has 0 aromatic heterocycles. The van der Waals surface area contributed by atoms with Crippen LogP contribution in [0.5, 0.6) is 0 Å². The average molecular weight is 172 g/mol. The minimum Gasteiger partial charge on any atom is -0.158 e. The lowest BCUT2D eigenvalue weighted by Crippen LogP contribution is -2.09. The van der Waals surface area contributed by atoms with Gasteiger partial charge in [-0.05, 0) is 30.9 Å². The Morgan fingerprint density at radius 2 is 2.18 bits per heavy atom. The maximum atomic E-state index is 2.34. The molecule has 0 N–H and O–H groups in total. The molecule has 1 aliphatic rings. The molecule has 11 heavy (non-hydrogen) atoms. The zero-order chi connectivity index (χ0) is 8.10. The van der Waals surface area contributed by atoms with Gasteiger partial charge in [-0.2, -0.15) is 11.8 Å². The van der Waals surface area contributed by atoms with E-state index in [0.29, 0.717) is 0 Å². The summed E-state index contributed by atoms with van der Waals surface area (Å²) < 4.78 is 0. The highest BCUT2D eigenvalue weighted by atomic mass is 32.2. The smallest absolute Gasteiger partial charge is 0.00729 e. The number of thioether (sulfide) groups is 1. The highest BCUT2D eigenvalue weighted by Crippen LogP contribution is 2.37. The van der Waals surface area contributed by atoms with Crippen molar-refractivity contribution in [2.75, 3.05) is 5.75 Å². The molecule has 0 saturated carbocycles. The van der Waals surface area contributed by atoms with Gasteiger partial charge >= 0.3 is 0 Å². The van der Waals surface area contributed by atoms with Crippen LogP contribution in [0.4, 0.5) is 0 Å². The fraction of sp³-hybridized carbons (Fsp3) is 1.00. The second-order valence-corrected chi connectivity index (χ2v) is 4.86. The number of unbranched alkanes of at least 4 members (excludes halogenated alkanes) is 1. The minimum absolute atomic E-state index is 1.00. The maximum absolute atomic E-state index is 2.34. The second kappa shape index (κ2) is 5.08. The van der Waals surface area contributed by atoms with Gasteiger partial charge in [-0.3, -0.25) is 0 Å². The van der Waals surface area contributed by atoms with Crippen LogP contribution in [-0.2, 0) is 0 Å². The van der Waals surface area contributed by atoms with Crippen LogP contribution in [0.3, 0.4) is 0 Å². The van der Waals surface area contributed by atoms with Gasteiger partial charge in [0, 0.05) is 5.25 Å². The quantitative estimate of drug-likeness (QED) is 0.623. The fourth-order valence-electron chi connectivity index (χ4n) is 1.94. The van der Waals surface area contributed by atoms with Gasteiger partial charge in [-0.15, -0.1) is 0 Å². The predicted octanol–water partition coefficient (Wildman–Crippen LogP) is 3.71. The molecule has 0 nitrogen and oxygen atoms in total. The standard InChI is InChI=1S/C10H20S/c1-3-5-6-9-7-8-11-10(9)4-2/h9-10H,3-8H2,1-2H3/t9-,10-/m1/s1. The van der Waals surface area contributed by atoms with Crippen LogP contribution in [0.2, 0.25) is 0 Å². The Hall–Kier alpha value is 0.350. The third-order valence-corrected chi connectivity index (χ3v) is 4.29. The minimum atomic E-state index is 1.00. The zero-order valence-electron chi connectivity index (χ0n) is 7.81. The molecule has 0 bridgehead atoms. The first-order valence-corrected chi connectivity index (χ1v) is 6.05. The Balaban J connectivity index is 2.20. The van der Waals surface area contributed by atoms with Crippen LogP contribution in [0, 0.1) is 5.92 Å². The van der Waals surface area contributed by atoms with E-state index >= 15 is 0 Å². The molecule has 66 valence electrons. The summed E-state index contributed by atoms with van der Waals surface area (Å²) in [4.78, 5) is 0. The summed E-state index contributed by atoms with van der Waals surface area (Å²) in [7, 11) is 0. The van der Waals surface area contributed by atoms with Crippen molar-refractivity contribution in [2.45, 2.75) is 51.2 Å². The van der Waals surface area contributed by atoms with Crippen LogP contribution < -0.4 is 0 Å². The van der Waals surface area contributed by atoms with E-state index in [1.54, 1.807) is 0 Å². The van der Waals surface area contributed by atoms with Crippen LogP contribution in [-0.4, -0.2) is 11.0 Å². The molecule has 0 amide bonds. The van der Waals surface area contributed by atoms with E-state index in [4.69, 9.17) is 0 Å².